The number of aliphatic hydroxyl groups is 2. The van der Waals surface area contributed by atoms with Crippen LogP contribution in [0, 0.1) is 0 Å². The lowest BCUT2D eigenvalue weighted by Gasteiger charge is -2.34. The van der Waals surface area contributed by atoms with Crippen molar-refractivity contribution in [3.8, 4) is 11.3 Å². The maximum Gasteiger partial charge on any atom is 0.294 e. The molecular weight excluding hydrogens is 434 g/mol. The molecule has 0 amide bonds. The molecule has 0 bridgehead atoms. The summed E-state index contributed by atoms with van der Waals surface area (Å²) in [5, 5.41) is 18.5. The van der Waals surface area contributed by atoms with Crippen LogP contribution in [-0.4, -0.2) is 82.2 Å². The highest BCUT2D eigenvalue weighted by Crippen LogP contribution is 2.23. The second kappa shape index (κ2) is 11.5. The third-order valence-electron chi connectivity index (χ3n) is 6.14. The lowest BCUT2D eigenvalue weighted by molar-refractivity contribution is 0.127. The standard InChI is InChI=1S/C25H33N5O4/c1-2-14-34-15-12-30-23-16-21(20-5-3-19(18-32)4-6-20)26-17-22(23)27-24(25(30)33)29-9-7-28(8-10-29)11-13-31/h3-6,16-17,31-32H,2,7-15,18H2,1H3. The summed E-state index contributed by atoms with van der Waals surface area (Å²) >= 11 is 0. The van der Waals surface area contributed by atoms with Crippen molar-refractivity contribution < 1.29 is 14.9 Å². The van der Waals surface area contributed by atoms with E-state index in [4.69, 9.17) is 9.72 Å². The Morgan fingerprint density at radius 3 is 2.47 bits per heavy atom. The van der Waals surface area contributed by atoms with Crippen LogP contribution in [0.4, 0.5) is 5.82 Å². The Morgan fingerprint density at radius 1 is 1.03 bits per heavy atom. The Bertz CT molecular complexity index is 1140. The first-order chi connectivity index (χ1) is 16.6. The van der Waals surface area contributed by atoms with Crippen molar-refractivity contribution in [1.29, 1.82) is 0 Å². The van der Waals surface area contributed by atoms with Crippen LogP contribution in [0.1, 0.15) is 18.9 Å². The van der Waals surface area contributed by atoms with E-state index in [-0.39, 0.29) is 18.8 Å². The average molecular weight is 468 g/mol. The molecule has 1 fully saturated rings. The van der Waals surface area contributed by atoms with Crippen molar-refractivity contribution >= 4 is 16.9 Å². The normalized spacial score (nSPS) is 14.7. The molecule has 9 nitrogen and oxygen atoms in total. The van der Waals surface area contributed by atoms with Gasteiger partial charge < -0.3 is 24.4 Å². The van der Waals surface area contributed by atoms with Crippen LogP contribution in [0.3, 0.4) is 0 Å². The molecule has 1 aliphatic heterocycles. The van der Waals surface area contributed by atoms with Gasteiger partial charge in [-0.05, 0) is 18.1 Å². The lowest BCUT2D eigenvalue weighted by atomic mass is 10.1. The molecule has 3 heterocycles. The van der Waals surface area contributed by atoms with E-state index < -0.39 is 0 Å². The summed E-state index contributed by atoms with van der Waals surface area (Å²) in [6.07, 6.45) is 2.65. The molecule has 0 unspecified atom stereocenters. The summed E-state index contributed by atoms with van der Waals surface area (Å²) in [4.78, 5) is 27.1. The molecule has 2 aromatic heterocycles. The molecule has 4 rings (SSSR count). The predicted molar refractivity (Wildman–Crippen MR) is 132 cm³/mol. The zero-order valence-corrected chi connectivity index (χ0v) is 19.7. The summed E-state index contributed by atoms with van der Waals surface area (Å²) in [6, 6.07) is 9.47. The highest BCUT2D eigenvalue weighted by atomic mass is 16.5. The van der Waals surface area contributed by atoms with Gasteiger partial charge in [0, 0.05) is 51.4 Å². The minimum absolute atomic E-state index is 0.0102. The summed E-state index contributed by atoms with van der Waals surface area (Å²) in [6.45, 7) is 7.28. The smallest absolute Gasteiger partial charge is 0.294 e. The third kappa shape index (κ3) is 5.44. The van der Waals surface area contributed by atoms with Gasteiger partial charge in [-0.3, -0.25) is 14.7 Å². The number of β-amino-alcohol motifs (C(OH)–C–C–N with tert-alkyl or cyclic N) is 1. The molecule has 0 radical (unpaired) electrons. The Labute approximate surface area is 199 Å². The topological polar surface area (TPSA) is 104 Å². The molecular formula is C25H33N5O4. The molecule has 0 spiro atoms. The van der Waals surface area contributed by atoms with Gasteiger partial charge >= 0.3 is 0 Å². The molecule has 2 N–H and O–H groups in total. The fourth-order valence-corrected chi connectivity index (χ4v) is 4.23. The number of ether oxygens (including phenoxy) is 1. The number of hydrogen-bond donors (Lipinski definition) is 2. The van der Waals surface area contributed by atoms with Gasteiger partial charge in [0.2, 0.25) is 0 Å². The zero-order chi connectivity index (χ0) is 23.9. The SMILES string of the molecule is CCCOCCn1c(=O)c(N2CCN(CCO)CC2)nc2cnc(-c3ccc(CO)cc3)cc21. The fraction of sp³-hybridized carbons (Fsp3) is 0.480. The van der Waals surface area contributed by atoms with E-state index in [1.165, 1.54) is 0 Å². The van der Waals surface area contributed by atoms with E-state index in [1.54, 1.807) is 10.8 Å². The Kier molecular flexibility index (Phi) is 8.23. The third-order valence-corrected chi connectivity index (χ3v) is 6.14. The number of anilines is 1. The van der Waals surface area contributed by atoms with E-state index in [1.807, 2.05) is 35.2 Å². The number of hydrogen-bond acceptors (Lipinski definition) is 8. The summed E-state index contributed by atoms with van der Waals surface area (Å²) < 4.78 is 7.44. The van der Waals surface area contributed by atoms with E-state index in [2.05, 4.69) is 16.8 Å². The number of nitrogens with zero attached hydrogens (tertiary/aromatic N) is 5. The first-order valence-electron chi connectivity index (χ1n) is 11.9. The molecule has 34 heavy (non-hydrogen) atoms. The maximum absolute atomic E-state index is 13.6. The highest BCUT2D eigenvalue weighted by Gasteiger charge is 2.22. The zero-order valence-electron chi connectivity index (χ0n) is 19.7. The maximum atomic E-state index is 13.6. The van der Waals surface area contributed by atoms with Crippen LogP contribution in [-0.2, 0) is 17.9 Å². The van der Waals surface area contributed by atoms with E-state index in [9.17, 15) is 15.0 Å². The van der Waals surface area contributed by atoms with Gasteiger partial charge in [0.25, 0.3) is 5.56 Å². The summed E-state index contributed by atoms with van der Waals surface area (Å²) in [7, 11) is 0. The number of benzene rings is 1. The first-order valence-corrected chi connectivity index (χ1v) is 11.9. The molecule has 1 saturated heterocycles. The van der Waals surface area contributed by atoms with Gasteiger partial charge in [0.15, 0.2) is 5.82 Å². The second-order valence-electron chi connectivity index (χ2n) is 8.47. The van der Waals surface area contributed by atoms with Crippen LogP contribution in [0.15, 0.2) is 41.3 Å². The minimum atomic E-state index is -0.129. The summed E-state index contributed by atoms with van der Waals surface area (Å²) in [5.74, 6) is 0.438. The van der Waals surface area contributed by atoms with Crippen LogP contribution in [0.5, 0.6) is 0 Å². The molecule has 3 aromatic rings. The van der Waals surface area contributed by atoms with Gasteiger partial charge in [0.05, 0.1) is 37.2 Å². The lowest BCUT2D eigenvalue weighted by Crippen LogP contribution is -2.49. The number of aromatic nitrogens is 3. The van der Waals surface area contributed by atoms with Crippen LogP contribution in [0.25, 0.3) is 22.3 Å². The van der Waals surface area contributed by atoms with Crippen molar-refractivity contribution in [1.82, 2.24) is 19.4 Å². The molecule has 9 heteroatoms. The molecule has 0 aliphatic carbocycles. The average Bonchev–Trinajstić information content (AvgIpc) is 2.88. The van der Waals surface area contributed by atoms with E-state index in [0.717, 1.165) is 41.8 Å². The molecule has 0 atom stereocenters. The number of aliphatic hydroxyl groups excluding tert-OH is 2. The predicted octanol–water partition coefficient (Wildman–Crippen LogP) is 1.49. The quantitative estimate of drug-likeness (QED) is 0.432. The molecule has 1 aromatic carbocycles. The molecule has 0 saturated carbocycles. The summed E-state index contributed by atoms with van der Waals surface area (Å²) in [5.41, 5.74) is 3.75. The Balaban J connectivity index is 1.70. The van der Waals surface area contributed by atoms with E-state index in [0.29, 0.717) is 50.7 Å². The van der Waals surface area contributed by atoms with Gasteiger partial charge in [0.1, 0.15) is 5.52 Å². The fourth-order valence-electron chi connectivity index (χ4n) is 4.23. The number of rotatable bonds is 10. The number of fused-ring (bicyclic) bond motifs is 1. The van der Waals surface area contributed by atoms with Crippen LogP contribution >= 0.6 is 0 Å². The minimum Gasteiger partial charge on any atom is -0.395 e. The molecule has 1 aliphatic rings. The van der Waals surface area contributed by atoms with Crippen molar-refractivity contribution in [2.75, 3.05) is 57.4 Å². The van der Waals surface area contributed by atoms with Crippen LogP contribution < -0.4 is 10.5 Å². The van der Waals surface area contributed by atoms with Crippen molar-refractivity contribution in [3.05, 3.63) is 52.4 Å². The second-order valence-corrected chi connectivity index (χ2v) is 8.47. The van der Waals surface area contributed by atoms with Gasteiger partial charge in [-0.2, -0.15) is 0 Å². The monoisotopic (exact) mass is 467 g/mol. The van der Waals surface area contributed by atoms with Crippen molar-refractivity contribution in [3.63, 3.8) is 0 Å². The Morgan fingerprint density at radius 2 is 1.79 bits per heavy atom. The van der Waals surface area contributed by atoms with Gasteiger partial charge in [-0.25, -0.2) is 4.98 Å². The number of pyridine rings is 1. The van der Waals surface area contributed by atoms with Gasteiger partial charge in [-0.1, -0.05) is 31.2 Å². The largest absolute Gasteiger partial charge is 0.395 e. The van der Waals surface area contributed by atoms with Crippen molar-refractivity contribution in [2.45, 2.75) is 26.5 Å². The van der Waals surface area contributed by atoms with Crippen molar-refractivity contribution in [2.24, 2.45) is 0 Å². The molecule has 182 valence electrons. The van der Waals surface area contributed by atoms with Crippen LogP contribution in [0.2, 0.25) is 0 Å². The number of piperazine rings is 1. The Hall–Kier alpha value is -2.85. The highest BCUT2D eigenvalue weighted by molar-refractivity contribution is 5.80. The van der Waals surface area contributed by atoms with Gasteiger partial charge in [-0.15, -0.1) is 0 Å². The van der Waals surface area contributed by atoms with E-state index >= 15 is 0 Å². The first kappa shape index (κ1) is 24.3.